The summed E-state index contributed by atoms with van der Waals surface area (Å²) in [4.78, 5) is 2.57. The molecule has 0 spiro atoms. The zero-order chi connectivity index (χ0) is 12.5. The van der Waals surface area contributed by atoms with E-state index in [0.717, 1.165) is 17.0 Å². The number of fused-ring (bicyclic) bond motifs is 1. The molecule has 2 fully saturated rings. The Kier molecular flexibility index (Phi) is 3.49. The number of halogens is 1. The molecule has 98 valence electrons. The van der Waals surface area contributed by atoms with Crippen LogP contribution in [-0.2, 0) is 6.54 Å². The number of hydrogen-bond donors (Lipinski definition) is 1. The summed E-state index contributed by atoms with van der Waals surface area (Å²) in [6.07, 6.45) is 6.85. The number of benzene rings is 1. The lowest BCUT2D eigenvalue weighted by Gasteiger charge is -2.34. The maximum atomic E-state index is 6.16. The molecule has 3 heteroatoms. The van der Waals surface area contributed by atoms with Crippen LogP contribution in [0.15, 0.2) is 18.2 Å². The third kappa shape index (κ3) is 2.12. The van der Waals surface area contributed by atoms with Gasteiger partial charge >= 0.3 is 0 Å². The van der Waals surface area contributed by atoms with Gasteiger partial charge in [0.25, 0.3) is 0 Å². The lowest BCUT2D eigenvalue weighted by atomic mass is 9.85. The Morgan fingerprint density at radius 2 is 2.06 bits per heavy atom. The molecule has 1 saturated carbocycles. The Balaban J connectivity index is 1.92. The van der Waals surface area contributed by atoms with Gasteiger partial charge in [0.15, 0.2) is 0 Å². The third-order valence-corrected chi connectivity index (χ3v) is 4.82. The lowest BCUT2D eigenvalue weighted by molar-refractivity contribution is 0.342. The average molecular weight is 265 g/mol. The molecule has 0 amide bonds. The lowest BCUT2D eigenvalue weighted by Crippen LogP contribution is -2.35. The van der Waals surface area contributed by atoms with Crippen LogP contribution in [0.25, 0.3) is 0 Å². The molecule has 0 radical (unpaired) electrons. The normalized spacial score (nSPS) is 27.3. The van der Waals surface area contributed by atoms with Gasteiger partial charge in [-0.1, -0.05) is 30.5 Å². The molecule has 1 heterocycles. The Labute approximate surface area is 114 Å². The minimum absolute atomic E-state index is 0.598. The zero-order valence-electron chi connectivity index (χ0n) is 10.7. The molecule has 2 atom stereocenters. The first kappa shape index (κ1) is 12.3. The second-order valence-electron chi connectivity index (χ2n) is 5.57. The minimum atomic E-state index is 0.598. The first-order chi connectivity index (χ1) is 8.79. The molecule has 1 aliphatic carbocycles. The summed E-state index contributed by atoms with van der Waals surface area (Å²) in [5.41, 5.74) is 8.37. The van der Waals surface area contributed by atoms with Crippen LogP contribution in [0, 0.1) is 5.92 Å². The van der Waals surface area contributed by atoms with Crippen LogP contribution in [0.5, 0.6) is 0 Å². The topological polar surface area (TPSA) is 29.3 Å². The SMILES string of the molecule is NCc1ccc(Cl)cc1N1CCC2CCCCC21. The number of hydrogen-bond acceptors (Lipinski definition) is 2. The van der Waals surface area contributed by atoms with E-state index in [1.165, 1.54) is 49.9 Å². The highest BCUT2D eigenvalue weighted by atomic mass is 35.5. The van der Waals surface area contributed by atoms with E-state index in [0.29, 0.717) is 6.54 Å². The van der Waals surface area contributed by atoms with E-state index in [2.05, 4.69) is 17.0 Å². The van der Waals surface area contributed by atoms with Crippen LogP contribution < -0.4 is 10.6 Å². The highest BCUT2D eigenvalue weighted by molar-refractivity contribution is 6.30. The fourth-order valence-electron chi connectivity index (χ4n) is 3.68. The minimum Gasteiger partial charge on any atom is -0.368 e. The van der Waals surface area contributed by atoms with Gasteiger partial charge in [-0.3, -0.25) is 0 Å². The Morgan fingerprint density at radius 3 is 2.89 bits per heavy atom. The predicted octanol–water partition coefficient (Wildman–Crippen LogP) is 3.57. The van der Waals surface area contributed by atoms with Crippen molar-refractivity contribution in [1.29, 1.82) is 0 Å². The van der Waals surface area contributed by atoms with Gasteiger partial charge in [-0.15, -0.1) is 0 Å². The molecule has 1 aromatic rings. The van der Waals surface area contributed by atoms with E-state index in [1.54, 1.807) is 0 Å². The molecular weight excluding hydrogens is 244 g/mol. The molecule has 3 rings (SSSR count). The summed E-state index contributed by atoms with van der Waals surface area (Å²) >= 11 is 6.16. The Bertz CT molecular complexity index is 433. The molecule has 18 heavy (non-hydrogen) atoms. The molecule has 0 bridgehead atoms. The van der Waals surface area contributed by atoms with Crippen molar-refractivity contribution in [3.05, 3.63) is 28.8 Å². The van der Waals surface area contributed by atoms with Gasteiger partial charge in [-0.2, -0.15) is 0 Å². The molecule has 2 unspecified atom stereocenters. The molecule has 0 aromatic heterocycles. The smallest absolute Gasteiger partial charge is 0.0429 e. The van der Waals surface area contributed by atoms with Gasteiger partial charge in [-0.05, 0) is 42.9 Å². The molecule has 2 aliphatic rings. The number of nitrogens with zero attached hydrogens (tertiary/aromatic N) is 1. The standard InChI is InChI=1S/C15H21ClN2/c16-13-6-5-12(10-17)15(9-13)18-8-7-11-3-1-2-4-14(11)18/h5-6,9,11,14H,1-4,7-8,10,17H2. The fourth-order valence-corrected chi connectivity index (χ4v) is 3.85. The second-order valence-corrected chi connectivity index (χ2v) is 6.01. The molecule has 1 saturated heterocycles. The first-order valence-corrected chi connectivity index (χ1v) is 7.42. The summed E-state index contributed by atoms with van der Waals surface area (Å²) in [6, 6.07) is 6.85. The van der Waals surface area contributed by atoms with E-state index < -0.39 is 0 Å². The van der Waals surface area contributed by atoms with Crippen molar-refractivity contribution in [1.82, 2.24) is 0 Å². The van der Waals surface area contributed by atoms with Crippen LogP contribution in [0.1, 0.15) is 37.7 Å². The summed E-state index contributed by atoms with van der Waals surface area (Å²) < 4.78 is 0. The maximum absolute atomic E-state index is 6.16. The number of anilines is 1. The molecular formula is C15H21ClN2. The van der Waals surface area contributed by atoms with Crippen molar-refractivity contribution >= 4 is 17.3 Å². The Hall–Kier alpha value is -0.730. The van der Waals surface area contributed by atoms with Crippen LogP contribution in [0.2, 0.25) is 5.02 Å². The second kappa shape index (κ2) is 5.10. The van der Waals surface area contributed by atoms with Crippen molar-refractivity contribution in [2.75, 3.05) is 11.4 Å². The van der Waals surface area contributed by atoms with E-state index >= 15 is 0 Å². The van der Waals surface area contributed by atoms with Crippen LogP contribution >= 0.6 is 11.6 Å². The quantitative estimate of drug-likeness (QED) is 0.885. The third-order valence-electron chi connectivity index (χ3n) is 4.59. The van der Waals surface area contributed by atoms with E-state index in [-0.39, 0.29) is 0 Å². The summed E-state index contributed by atoms with van der Waals surface area (Å²) in [5.74, 6) is 0.892. The zero-order valence-corrected chi connectivity index (χ0v) is 11.5. The predicted molar refractivity (Wildman–Crippen MR) is 77.1 cm³/mol. The van der Waals surface area contributed by atoms with E-state index in [9.17, 15) is 0 Å². The largest absolute Gasteiger partial charge is 0.368 e. The van der Waals surface area contributed by atoms with Crippen molar-refractivity contribution in [3.8, 4) is 0 Å². The van der Waals surface area contributed by atoms with E-state index in [4.69, 9.17) is 17.3 Å². The van der Waals surface area contributed by atoms with Gasteiger partial charge in [-0.25, -0.2) is 0 Å². The first-order valence-electron chi connectivity index (χ1n) is 7.04. The highest BCUT2D eigenvalue weighted by Gasteiger charge is 2.36. The van der Waals surface area contributed by atoms with Crippen LogP contribution in [-0.4, -0.2) is 12.6 Å². The number of nitrogens with two attached hydrogens (primary N) is 1. The van der Waals surface area contributed by atoms with Gasteiger partial charge in [0.1, 0.15) is 0 Å². The summed E-state index contributed by atoms with van der Waals surface area (Å²) in [6.45, 7) is 1.77. The fraction of sp³-hybridized carbons (Fsp3) is 0.600. The van der Waals surface area contributed by atoms with Crippen molar-refractivity contribution in [2.24, 2.45) is 11.7 Å². The molecule has 2 N–H and O–H groups in total. The maximum Gasteiger partial charge on any atom is 0.0429 e. The van der Waals surface area contributed by atoms with Gasteiger partial charge in [0, 0.05) is 29.8 Å². The van der Waals surface area contributed by atoms with Crippen molar-refractivity contribution < 1.29 is 0 Å². The monoisotopic (exact) mass is 264 g/mol. The molecule has 1 aromatic carbocycles. The number of rotatable bonds is 2. The summed E-state index contributed by atoms with van der Waals surface area (Å²) in [5, 5.41) is 0.821. The van der Waals surface area contributed by atoms with Crippen molar-refractivity contribution in [2.45, 2.75) is 44.7 Å². The van der Waals surface area contributed by atoms with Crippen LogP contribution in [0.4, 0.5) is 5.69 Å². The van der Waals surface area contributed by atoms with Gasteiger partial charge < -0.3 is 10.6 Å². The molecule has 2 nitrogen and oxygen atoms in total. The van der Waals surface area contributed by atoms with Crippen molar-refractivity contribution in [3.63, 3.8) is 0 Å². The highest BCUT2D eigenvalue weighted by Crippen LogP contribution is 2.40. The Morgan fingerprint density at radius 1 is 1.22 bits per heavy atom. The van der Waals surface area contributed by atoms with Crippen LogP contribution in [0.3, 0.4) is 0 Å². The summed E-state index contributed by atoms with van der Waals surface area (Å²) in [7, 11) is 0. The van der Waals surface area contributed by atoms with Gasteiger partial charge in [0.05, 0.1) is 0 Å². The van der Waals surface area contributed by atoms with E-state index in [1.807, 2.05) is 6.07 Å². The van der Waals surface area contributed by atoms with Gasteiger partial charge in [0.2, 0.25) is 0 Å². The molecule has 1 aliphatic heterocycles. The average Bonchev–Trinajstić information content (AvgIpc) is 2.82.